The van der Waals surface area contributed by atoms with Crippen molar-refractivity contribution in [3.8, 4) is 0 Å². The highest BCUT2D eigenvalue weighted by Crippen LogP contribution is 2.19. The van der Waals surface area contributed by atoms with E-state index in [-0.39, 0.29) is 12.5 Å². The fourth-order valence-corrected chi connectivity index (χ4v) is 1.61. The highest BCUT2D eigenvalue weighted by Gasteiger charge is 2.27. The first-order valence-electron chi connectivity index (χ1n) is 5.70. The number of aliphatic hydroxyl groups is 1. The molecular formula is C14H19NO2. The molecule has 1 amide bonds. The van der Waals surface area contributed by atoms with Crippen molar-refractivity contribution in [2.45, 2.75) is 25.3 Å². The molecule has 1 aromatic rings. The van der Waals surface area contributed by atoms with Crippen LogP contribution in [0.1, 0.15) is 25.3 Å². The molecule has 0 aliphatic heterocycles. The normalized spacial score (nSPS) is 13.8. The van der Waals surface area contributed by atoms with E-state index in [2.05, 4.69) is 11.9 Å². The van der Waals surface area contributed by atoms with Crippen LogP contribution in [0.4, 0.5) is 0 Å². The predicted molar refractivity (Wildman–Crippen MR) is 68.5 cm³/mol. The minimum atomic E-state index is -0.723. The average Bonchev–Trinajstić information content (AvgIpc) is 2.37. The van der Waals surface area contributed by atoms with Crippen molar-refractivity contribution < 1.29 is 9.90 Å². The third-order valence-corrected chi connectivity index (χ3v) is 2.72. The maximum atomic E-state index is 11.7. The molecule has 0 aromatic heterocycles. The summed E-state index contributed by atoms with van der Waals surface area (Å²) in [6.45, 7) is 5.26. The van der Waals surface area contributed by atoms with Gasteiger partial charge in [0.15, 0.2) is 0 Å². The Hall–Kier alpha value is -1.61. The Bertz CT molecular complexity index is 375. The van der Waals surface area contributed by atoms with Gasteiger partial charge in [0.2, 0.25) is 5.91 Å². The summed E-state index contributed by atoms with van der Waals surface area (Å²) in [5.41, 5.74) is 0.175. The Balaban J connectivity index is 2.76. The molecule has 3 heteroatoms. The first-order valence-corrected chi connectivity index (χ1v) is 5.70. The number of benzene rings is 1. The molecule has 0 radical (unpaired) electrons. The molecule has 0 spiro atoms. The molecule has 1 rings (SSSR count). The Morgan fingerprint density at radius 1 is 1.47 bits per heavy atom. The largest absolute Gasteiger partial charge is 0.394 e. The van der Waals surface area contributed by atoms with Crippen molar-refractivity contribution in [3.05, 3.63) is 48.6 Å². The van der Waals surface area contributed by atoms with Crippen molar-refractivity contribution in [2.24, 2.45) is 0 Å². The SMILES string of the molecule is C=CCCC(=O)NC(C)(CO)c1ccccc1. The summed E-state index contributed by atoms with van der Waals surface area (Å²) in [5, 5.41) is 12.3. The zero-order valence-electron chi connectivity index (χ0n) is 10.1. The number of amides is 1. The number of hydrogen-bond acceptors (Lipinski definition) is 2. The van der Waals surface area contributed by atoms with Gasteiger partial charge >= 0.3 is 0 Å². The van der Waals surface area contributed by atoms with Crippen LogP contribution in [0.3, 0.4) is 0 Å². The minimum Gasteiger partial charge on any atom is -0.394 e. The molecule has 0 fully saturated rings. The summed E-state index contributed by atoms with van der Waals surface area (Å²) in [6.07, 6.45) is 2.74. The number of aliphatic hydroxyl groups excluding tert-OH is 1. The van der Waals surface area contributed by atoms with Crippen LogP contribution in [0.25, 0.3) is 0 Å². The smallest absolute Gasteiger partial charge is 0.221 e. The molecule has 0 saturated carbocycles. The minimum absolute atomic E-state index is 0.0784. The molecule has 0 saturated heterocycles. The van der Waals surface area contributed by atoms with E-state index in [4.69, 9.17) is 0 Å². The van der Waals surface area contributed by atoms with Crippen LogP contribution in [0.5, 0.6) is 0 Å². The maximum Gasteiger partial charge on any atom is 0.221 e. The van der Waals surface area contributed by atoms with Gasteiger partial charge in [-0.1, -0.05) is 36.4 Å². The molecule has 1 unspecified atom stereocenters. The number of nitrogens with one attached hydrogen (secondary N) is 1. The van der Waals surface area contributed by atoms with Gasteiger partial charge in [-0.3, -0.25) is 4.79 Å². The monoisotopic (exact) mass is 233 g/mol. The fraction of sp³-hybridized carbons (Fsp3) is 0.357. The van der Waals surface area contributed by atoms with Crippen molar-refractivity contribution in [1.29, 1.82) is 0 Å². The second-order valence-corrected chi connectivity index (χ2v) is 4.23. The van der Waals surface area contributed by atoms with E-state index in [9.17, 15) is 9.90 Å². The quantitative estimate of drug-likeness (QED) is 0.738. The molecule has 0 heterocycles. The van der Waals surface area contributed by atoms with E-state index >= 15 is 0 Å². The van der Waals surface area contributed by atoms with Crippen LogP contribution >= 0.6 is 0 Å². The topological polar surface area (TPSA) is 49.3 Å². The van der Waals surface area contributed by atoms with Crippen molar-refractivity contribution in [2.75, 3.05) is 6.61 Å². The van der Waals surface area contributed by atoms with E-state index in [1.807, 2.05) is 37.3 Å². The number of allylic oxidation sites excluding steroid dienone is 1. The molecule has 1 atom stereocenters. The van der Waals surface area contributed by atoms with Gasteiger partial charge in [-0.15, -0.1) is 6.58 Å². The number of hydrogen-bond donors (Lipinski definition) is 2. The lowest BCUT2D eigenvalue weighted by Gasteiger charge is -2.29. The molecule has 3 nitrogen and oxygen atoms in total. The van der Waals surface area contributed by atoms with Gasteiger partial charge in [-0.25, -0.2) is 0 Å². The zero-order valence-corrected chi connectivity index (χ0v) is 10.1. The zero-order chi connectivity index (χ0) is 12.7. The van der Waals surface area contributed by atoms with E-state index in [0.717, 1.165) is 5.56 Å². The Kier molecular flexibility index (Phi) is 4.91. The van der Waals surface area contributed by atoms with Crippen molar-refractivity contribution in [1.82, 2.24) is 5.32 Å². The van der Waals surface area contributed by atoms with Crippen LogP contribution in [-0.4, -0.2) is 17.6 Å². The first-order chi connectivity index (χ1) is 8.12. The molecule has 0 bridgehead atoms. The average molecular weight is 233 g/mol. The lowest BCUT2D eigenvalue weighted by molar-refractivity contribution is -0.123. The first kappa shape index (κ1) is 13.5. The van der Waals surface area contributed by atoms with Crippen LogP contribution in [-0.2, 0) is 10.3 Å². The van der Waals surface area contributed by atoms with E-state index in [0.29, 0.717) is 12.8 Å². The van der Waals surface area contributed by atoms with Crippen LogP contribution in [0, 0.1) is 0 Å². The Morgan fingerprint density at radius 2 is 2.12 bits per heavy atom. The molecule has 92 valence electrons. The van der Waals surface area contributed by atoms with E-state index < -0.39 is 5.54 Å². The molecular weight excluding hydrogens is 214 g/mol. The summed E-state index contributed by atoms with van der Waals surface area (Å²) < 4.78 is 0. The number of carbonyl (C=O) groups is 1. The highest BCUT2D eigenvalue weighted by atomic mass is 16.3. The highest BCUT2D eigenvalue weighted by molar-refractivity contribution is 5.77. The van der Waals surface area contributed by atoms with Crippen LogP contribution in [0.15, 0.2) is 43.0 Å². The van der Waals surface area contributed by atoms with Gasteiger partial charge in [0.1, 0.15) is 0 Å². The summed E-state index contributed by atoms with van der Waals surface area (Å²) in [4.78, 5) is 11.7. The maximum absolute atomic E-state index is 11.7. The Labute approximate surface area is 102 Å². The predicted octanol–water partition coefficient (Wildman–Crippen LogP) is 1.98. The molecule has 0 aliphatic rings. The lowest BCUT2D eigenvalue weighted by Crippen LogP contribution is -2.46. The van der Waals surface area contributed by atoms with Gasteiger partial charge < -0.3 is 10.4 Å². The number of rotatable bonds is 6. The van der Waals surface area contributed by atoms with Crippen LogP contribution < -0.4 is 5.32 Å². The summed E-state index contributed by atoms with van der Waals surface area (Å²) in [6, 6.07) is 9.47. The van der Waals surface area contributed by atoms with Gasteiger partial charge in [-0.2, -0.15) is 0 Å². The number of carbonyl (C=O) groups excluding carboxylic acids is 1. The second-order valence-electron chi connectivity index (χ2n) is 4.23. The van der Waals surface area contributed by atoms with E-state index in [1.54, 1.807) is 6.08 Å². The molecule has 0 aliphatic carbocycles. The van der Waals surface area contributed by atoms with E-state index in [1.165, 1.54) is 0 Å². The summed E-state index contributed by atoms with van der Waals surface area (Å²) in [5.74, 6) is -0.0784. The molecule has 2 N–H and O–H groups in total. The lowest BCUT2D eigenvalue weighted by atomic mass is 9.92. The van der Waals surface area contributed by atoms with Crippen LogP contribution in [0.2, 0.25) is 0 Å². The molecule has 1 aromatic carbocycles. The van der Waals surface area contributed by atoms with Gasteiger partial charge in [0.25, 0.3) is 0 Å². The standard InChI is InChI=1S/C14H19NO2/c1-3-4-10-13(17)15-14(2,11-16)12-8-6-5-7-9-12/h3,5-9,16H,1,4,10-11H2,2H3,(H,15,17). The Morgan fingerprint density at radius 3 is 2.65 bits per heavy atom. The third kappa shape index (κ3) is 3.71. The van der Waals surface area contributed by atoms with Crippen molar-refractivity contribution >= 4 is 5.91 Å². The second kappa shape index (κ2) is 6.21. The summed E-state index contributed by atoms with van der Waals surface area (Å²) >= 11 is 0. The van der Waals surface area contributed by atoms with Crippen molar-refractivity contribution in [3.63, 3.8) is 0 Å². The van der Waals surface area contributed by atoms with Gasteiger partial charge in [0, 0.05) is 6.42 Å². The summed E-state index contributed by atoms with van der Waals surface area (Å²) in [7, 11) is 0. The molecule has 17 heavy (non-hydrogen) atoms. The fourth-order valence-electron chi connectivity index (χ4n) is 1.61. The van der Waals surface area contributed by atoms with Gasteiger partial charge in [-0.05, 0) is 18.9 Å². The van der Waals surface area contributed by atoms with Gasteiger partial charge in [0.05, 0.1) is 12.1 Å². The third-order valence-electron chi connectivity index (χ3n) is 2.72.